The maximum atomic E-state index is 12.1. The van der Waals surface area contributed by atoms with Crippen molar-refractivity contribution < 1.29 is 9.63 Å². The largest absolute Gasteiger partial charge is 0.364 e. The molecule has 1 unspecified atom stereocenters. The van der Waals surface area contributed by atoms with Gasteiger partial charge >= 0.3 is 5.97 Å². The van der Waals surface area contributed by atoms with Gasteiger partial charge in [0.25, 0.3) is 0 Å². The van der Waals surface area contributed by atoms with Gasteiger partial charge in [0.05, 0.1) is 5.56 Å². The van der Waals surface area contributed by atoms with E-state index in [0.717, 1.165) is 18.4 Å². The third kappa shape index (κ3) is 5.33. The summed E-state index contributed by atoms with van der Waals surface area (Å²) in [7, 11) is 3.44. The van der Waals surface area contributed by atoms with Crippen LogP contribution >= 0.6 is 0 Å². The number of carbonyl (C=O) groups is 1. The molecule has 0 aromatic heterocycles. The molecular weight excluding hydrogens is 250 g/mol. The zero-order valence-corrected chi connectivity index (χ0v) is 13.2. The third-order valence-corrected chi connectivity index (χ3v) is 3.55. The Morgan fingerprint density at radius 2 is 1.95 bits per heavy atom. The van der Waals surface area contributed by atoms with E-state index in [0.29, 0.717) is 11.5 Å². The number of benzene rings is 1. The van der Waals surface area contributed by atoms with Gasteiger partial charge in [-0.05, 0) is 24.0 Å². The second-order valence-corrected chi connectivity index (χ2v) is 5.47. The Hall–Kier alpha value is -1.35. The van der Waals surface area contributed by atoms with Gasteiger partial charge in [-0.3, -0.25) is 0 Å². The number of unbranched alkanes of at least 4 members (excludes halogenated alkanes) is 1. The summed E-state index contributed by atoms with van der Waals surface area (Å²) in [6.07, 6.45) is 5.81. The average molecular weight is 277 g/mol. The van der Waals surface area contributed by atoms with Gasteiger partial charge in [-0.1, -0.05) is 57.7 Å². The Morgan fingerprint density at radius 3 is 2.55 bits per heavy atom. The molecule has 0 spiro atoms. The van der Waals surface area contributed by atoms with Crippen LogP contribution in [0.3, 0.4) is 0 Å². The van der Waals surface area contributed by atoms with Gasteiger partial charge in [-0.2, -0.15) is 0 Å². The van der Waals surface area contributed by atoms with Crippen molar-refractivity contribution in [3.8, 4) is 0 Å². The summed E-state index contributed by atoms with van der Waals surface area (Å²) in [5, 5.41) is 1.44. The predicted octanol–water partition coefficient (Wildman–Crippen LogP) is 4.08. The molecule has 0 radical (unpaired) electrons. The molecule has 112 valence electrons. The molecule has 0 N–H and O–H groups in total. The summed E-state index contributed by atoms with van der Waals surface area (Å²) in [5.41, 5.74) is 1.79. The van der Waals surface area contributed by atoms with E-state index in [1.807, 2.05) is 24.3 Å². The fourth-order valence-corrected chi connectivity index (χ4v) is 2.37. The number of hydrogen-bond acceptors (Lipinski definition) is 3. The van der Waals surface area contributed by atoms with E-state index in [1.54, 1.807) is 14.1 Å². The minimum atomic E-state index is -0.268. The van der Waals surface area contributed by atoms with E-state index in [1.165, 1.54) is 24.3 Å². The highest BCUT2D eigenvalue weighted by Gasteiger charge is 2.16. The lowest BCUT2D eigenvalue weighted by atomic mass is 9.90. The van der Waals surface area contributed by atoms with Crippen LogP contribution in [0.25, 0.3) is 0 Å². The van der Waals surface area contributed by atoms with Crippen molar-refractivity contribution >= 4 is 5.97 Å². The summed E-state index contributed by atoms with van der Waals surface area (Å²) < 4.78 is 0. The topological polar surface area (TPSA) is 29.5 Å². The number of hydroxylamine groups is 2. The van der Waals surface area contributed by atoms with E-state index in [-0.39, 0.29) is 5.97 Å². The van der Waals surface area contributed by atoms with Gasteiger partial charge in [-0.15, -0.1) is 5.06 Å². The standard InChI is InChI=1S/C17H27NO2/c1-5-7-10-14(6-2)13-15-11-8-9-12-16(15)17(19)20-18(3)4/h8-9,11-12,14H,5-7,10,13H2,1-4H3. The first-order valence-corrected chi connectivity index (χ1v) is 7.56. The summed E-state index contributed by atoms with van der Waals surface area (Å²) in [4.78, 5) is 17.3. The van der Waals surface area contributed by atoms with Crippen molar-refractivity contribution in [2.45, 2.75) is 46.0 Å². The molecule has 0 aliphatic carbocycles. The van der Waals surface area contributed by atoms with Crippen LogP contribution in [0.2, 0.25) is 0 Å². The normalized spacial score (nSPS) is 12.4. The summed E-state index contributed by atoms with van der Waals surface area (Å²) in [5.74, 6) is 0.374. The van der Waals surface area contributed by atoms with Crippen LogP contribution in [0.5, 0.6) is 0 Å². The SMILES string of the molecule is CCCCC(CC)Cc1ccccc1C(=O)ON(C)C. The van der Waals surface area contributed by atoms with Gasteiger partial charge in [0, 0.05) is 14.1 Å². The minimum Gasteiger partial charge on any atom is -0.364 e. The third-order valence-electron chi connectivity index (χ3n) is 3.55. The monoisotopic (exact) mass is 277 g/mol. The van der Waals surface area contributed by atoms with Gasteiger partial charge in [0.2, 0.25) is 0 Å². The van der Waals surface area contributed by atoms with E-state index in [4.69, 9.17) is 4.84 Å². The van der Waals surface area contributed by atoms with Gasteiger partial charge in [0.15, 0.2) is 0 Å². The predicted molar refractivity (Wildman–Crippen MR) is 82.6 cm³/mol. The molecule has 3 heteroatoms. The number of carbonyl (C=O) groups excluding carboxylic acids is 1. The van der Waals surface area contributed by atoms with Crippen molar-refractivity contribution in [1.82, 2.24) is 5.06 Å². The molecule has 0 amide bonds. The molecule has 0 fully saturated rings. The van der Waals surface area contributed by atoms with Crippen LogP contribution < -0.4 is 0 Å². The van der Waals surface area contributed by atoms with E-state index < -0.39 is 0 Å². The van der Waals surface area contributed by atoms with Crippen molar-refractivity contribution in [3.63, 3.8) is 0 Å². The number of rotatable bonds is 8. The molecule has 0 aliphatic rings. The van der Waals surface area contributed by atoms with Crippen molar-refractivity contribution in [1.29, 1.82) is 0 Å². The molecule has 1 rings (SSSR count). The lowest BCUT2D eigenvalue weighted by Gasteiger charge is -2.17. The second-order valence-electron chi connectivity index (χ2n) is 5.47. The average Bonchev–Trinajstić information content (AvgIpc) is 2.43. The Morgan fingerprint density at radius 1 is 1.25 bits per heavy atom. The smallest absolute Gasteiger partial charge is 0.357 e. The molecule has 0 saturated heterocycles. The van der Waals surface area contributed by atoms with Crippen LogP contribution in [-0.2, 0) is 11.3 Å². The Kier molecular flexibility index (Phi) is 7.31. The van der Waals surface area contributed by atoms with Crippen molar-refractivity contribution in [3.05, 3.63) is 35.4 Å². The van der Waals surface area contributed by atoms with Gasteiger partial charge in [-0.25, -0.2) is 4.79 Å². The van der Waals surface area contributed by atoms with E-state index in [2.05, 4.69) is 13.8 Å². The first kappa shape index (κ1) is 16.7. The van der Waals surface area contributed by atoms with E-state index >= 15 is 0 Å². The molecular formula is C17H27NO2. The van der Waals surface area contributed by atoms with Crippen molar-refractivity contribution in [2.75, 3.05) is 14.1 Å². The second kappa shape index (κ2) is 8.75. The van der Waals surface area contributed by atoms with Crippen LogP contribution in [0, 0.1) is 5.92 Å². The molecule has 1 aromatic rings. The highest BCUT2D eigenvalue weighted by Crippen LogP contribution is 2.21. The fraction of sp³-hybridized carbons (Fsp3) is 0.588. The van der Waals surface area contributed by atoms with Crippen LogP contribution in [-0.4, -0.2) is 25.1 Å². The molecule has 0 bridgehead atoms. The fourth-order valence-electron chi connectivity index (χ4n) is 2.37. The molecule has 20 heavy (non-hydrogen) atoms. The Bertz CT molecular complexity index is 415. The first-order valence-electron chi connectivity index (χ1n) is 7.56. The molecule has 0 aliphatic heterocycles. The highest BCUT2D eigenvalue weighted by atomic mass is 16.7. The minimum absolute atomic E-state index is 0.268. The first-order chi connectivity index (χ1) is 9.58. The lowest BCUT2D eigenvalue weighted by Crippen LogP contribution is -2.20. The maximum absolute atomic E-state index is 12.1. The number of nitrogens with zero attached hydrogens (tertiary/aromatic N) is 1. The van der Waals surface area contributed by atoms with Gasteiger partial charge < -0.3 is 4.84 Å². The number of hydrogen-bond donors (Lipinski definition) is 0. The lowest BCUT2D eigenvalue weighted by molar-refractivity contribution is -0.0714. The van der Waals surface area contributed by atoms with Crippen LogP contribution in [0.15, 0.2) is 24.3 Å². The van der Waals surface area contributed by atoms with Crippen molar-refractivity contribution in [2.24, 2.45) is 5.92 Å². The Labute approximate surface area is 122 Å². The molecule has 0 saturated carbocycles. The van der Waals surface area contributed by atoms with Gasteiger partial charge in [0.1, 0.15) is 0 Å². The molecule has 3 nitrogen and oxygen atoms in total. The summed E-state index contributed by atoms with van der Waals surface area (Å²) in [6.45, 7) is 4.44. The van der Waals surface area contributed by atoms with E-state index in [9.17, 15) is 4.79 Å². The quantitative estimate of drug-likeness (QED) is 0.671. The van der Waals surface area contributed by atoms with Crippen LogP contribution in [0.4, 0.5) is 0 Å². The molecule has 1 aromatic carbocycles. The zero-order chi connectivity index (χ0) is 15.0. The highest BCUT2D eigenvalue weighted by molar-refractivity contribution is 5.90. The van der Waals surface area contributed by atoms with Crippen LogP contribution in [0.1, 0.15) is 55.5 Å². The molecule has 0 heterocycles. The molecule has 1 atom stereocenters. The zero-order valence-electron chi connectivity index (χ0n) is 13.2. The summed E-state index contributed by atoms with van der Waals surface area (Å²) >= 11 is 0. The summed E-state index contributed by atoms with van der Waals surface area (Å²) in [6, 6.07) is 7.78. The maximum Gasteiger partial charge on any atom is 0.357 e. The Balaban J connectivity index is 2.81.